The smallest absolute Gasteiger partial charge is 0.0601 e. The molecule has 1 aliphatic carbocycles. The van der Waals surface area contributed by atoms with Gasteiger partial charge in [-0.1, -0.05) is 0 Å². The van der Waals surface area contributed by atoms with Crippen LogP contribution in [0.3, 0.4) is 0 Å². The summed E-state index contributed by atoms with van der Waals surface area (Å²) in [5.41, 5.74) is 0.670. The Kier molecular flexibility index (Phi) is 2.94. The van der Waals surface area contributed by atoms with E-state index in [1.165, 1.54) is 58.3 Å². The lowest BCUT2D eigenvalue weighted by molar-refractivity contribution is -0.0240. The van der Waals surface area contributed by atoms with Crippen molar-refractivity contribution in [1.29, 1.82) is 0 Å². The molecule has 3 aliphatic rings. The molecule has 92 valence electrons. The number of hydrogen-bond donors (Lipinski definition) is 1. The van der Waals surface area contributed by atoms with Gasteiger partial charge in [-0.15, -0.1) is 0 Å². The normalized spacial score (nSPS) is 38.8. The number of nitrogens with one attached hydrogen (secondary N) is 1. The molecule has 2 saturated heterocycles. The molecule has 2 aliphatic heterocycles. The van der Waals surface area contributed by atoms with Crippen LogP contribution in [0.25, 0.3) is 0 Å². The van der Waals surface area contributed by atoms with Crippen molar-refractivity contribution in [2.24, 2.45) is 5.41 Å². The summed E-state index contributed by atoms with van der Waals surface area (Å²) in [7, 11) is 1.85. The quantitative estimate of drug-likeness (QED) is 0.764. The Morgan fingerprint density at radius 3 is 2.62 bits per heavy atom. The van der Waals surface area contributed by atoms with Gasteiger partial charge in [-0.2, -0.15) is 0 Å². The van der Waals surface area contributed by atoms with Gasteiger partial charge in [0.2, 0.25) is 0 Å². The zero-order valence-electron chi connectivity index (χ0n) is 10.4. The summed E-state index contributed by atoms with van der Waals surface area (Å²) in [5.74, 6) is 0. The highest BCUT2D eigenvalue weighted by atomic mass is 16.5. The molecular weight excluding hydrogens is 200 g/mol. The van der Waals surface area contributed by atoms with Crippen LogP contribution in [-0.2, 0) is 4.74 Å². The van der Waals surface area contributed by atoms with Gasteiger partial charge < -0.3 is 10.1 Å². The summed E-state index contributed by atoms with van der Waals surface area (Å²) in [6, 6.07) is 0.833. The van der Waals surface area contributed by atoms with Crippen molar-refractivity contribution in [2.75, 3.05) is 33.3 Å². The standard InChI is InChI=1S/C13H24N2O/c1-16-12-8-11(9-12)15-7-4-13(10-15)2-5-14-6-3-13/h11-12,14H,2-10H2,1H3/t11-,12-. The molecule has 0 radical (unpaired) electrons. The lowest BCUT2D eigenvalue weighted by Crippen LogP contribution is -2.48. The van der Waals surface area contributed by atoms with E-state index in [1.54, 1.807) is 0 Å². The molecule has 1 N–H and O–H groups in total. The molecule has 1 saturated carbocycles. The van der Waals surface area contributed by atoms with Crippen molar-refractivity contribution in [3.05, 3.63) is 0 Å². The molecule has 2 heterocycles. The highest BCUT2D eigenvalue weighted by molar-refractivity contribution is 4.98. The summed E-state index contributed by atoms with van der Waals surface area (Å²) in [4.78, 5) is 2.74. The number of methoxy groups -OCH3 is 1. The molecule has 0 aromatic rings. The number of nitrogens with zero attached hydrogens (tertiary/aromatic N) is 1. The molecule has 3 fully saturated rings. The summed E-state index contributed by atoms with van der Waals surface area (Å²) >= 11 is 0. The molecule has 3 rings (SSSR count). The lowest BCUT2D eigenvalue weighted by atomic mass is 9.78. The average Bonchev–Trinajstić information content (AvgIpc) is 2.62. The Morgan fingerprint density at radius 1 is 1.19 bits per heavy atom. The molecule has 0 aromatic heterocycles. The number of piperidine rings is 1. The Morgan fingerprint density at radius 2 is 1.94 bits per heavy atom. The highest BCUT2D eigenvalue weighted by Gasteiger charge is 2.44. The Balaban J connectivity index is 1.53. The molecular formula is C13H24N2O. The second-order valence-corrected chi connectivity index (χ2v) is 5.95. The highest BCUT2D eigenvalue weighted by Crippen LogP contribution is 2.42. The molecule has 0 atom stereocenters. The van der Waals surface area contributed by atoms with Gasteiger partial charge in [0, 0.05) is 19.7 Å². The summed E-state index contributed by atoms with van der Waals surface area (Å²) in [6.07, 6.45) is 7.31. The third-order valence-corrected chi connectivity index (χ3v) is 5.05. The Hall–Kier alpha value is -0.120. The number of hydrogen-bond acceptors (Lipinski definition) is 3. The second kappa shape index (κ2) is 4.28. The van der Waals surface area contributed by atoms with Crippen LogP contribution in [0.5, 0.6) is 0 Å². The first kappa shape index (κ1) is 11.0. The average molecular weight is 224 g/mol. The minimum Gasteiger partial charge on any atom is -0.381 e. The first-order chi connectivity index (χ1) is 7.81. The maximum Gasteiger partial charge on any atom is 0.0601 e. The lowest BCUT2D eigenvalue weighted by Gasteiger charge is -2.42. The minimum atomic E-state index is 0.551. The Bertz CT molecular complexity index is 244. The number of rotatable bonds is 2. The van der Waals surface area contributed by atoms with Crippen molar-refractivity contribution >= 4 is 0 Å². The van der Waals surface area contributed by atoms with Crippen molar-refractivity contribution in [3.8, 4) is 0 Å². The van der Waals surface area contributed by atoms with Gasteiger partial charge in [0.1, 0.15) is 0 Å². The fourth-order valence-corrected chi connectivity index (χ4v) is 3.68. The van der Waals surface area contributed by atoms with E-state index in [9.17, 15) is 0 Å². The molecule has 0 aromatic carbocycles. The maximum absolute atomic E-state index is 5.38. The van der Waals surface area contributed by atoms with E-state index in [2.05, 4.69) is 10.2 Å². The predicted octanol–water partition coefficient (Wildman–Crippen LogP) is 1.24. The van der Waals surface area contributed by atoms with Crippen LogP contribution >= 0.6 is 0 Å². The van der Waals surface area contributed by atoms with Crippen LogP contribution in [0, 0.1) is 5.41 Å². The van der Waals surface area contributed by atoms with Gasteiger partial charge in [-0.05, 0) is 57.2 Å². The molecule has 16 heavy (non-hydrogen) atoms. The fourth-order valence-electron chi connectivity index (χ4n) is 3.68. The van der Waals surface area contributed by atoms with Gasteiger partial charge in [0.05, 0.1) is 6.10 Å². The zero-order valence-corrected chi connectivity index (χ0v) is 10.4. The van der Waals surface area contributed by atoms with Crippen LogP contribution < -0.4 is 5.32 Å². The van der Waals surface area contributed by atoms with Crippen molar-refractivity contribution in [3.63, 3.8) is 0 Å². The number of likely N-dealkylation sites (tertiary alicyclic amines) is 1. The van der Waals surface area contributed by atoms with Crippen LogP contribution in [0.4, 0.5) is 0 Å². The maximum atomic E-state index is 5.38. The molecule has 1 spiro atoms. The third-order valence-electron chi connectivity index (χ3n) is 5.05. The topological polar surface area (TPSA) is 24.5 Å². The van der Waals surface area contributed by atoms with Gasteiger partial charge in [0.25, 0.3) is 0 Å². The second-order valence-electron chi connectivity index (χ2n) is 5.95. The minimum absolute atomic E-state index is 0.551. The van der Waals surface area contributed by atoms with Crippen LogP contribution in [0.15, 0.2) is 0 Å². The van der Waals surface area contributed by atoms with Crippen molar-refractivity contribution in [2.45, 2.75) is 44.2 Å². The van der Waals surface area contributed by atoms with E-state index >= 15 is 0 Å². The summed E-state index contributed by atoms with van der Waals surface area (Å²) in [6.45, 7) is 5.16. The van der Waals surface area contributed by atoms with E-state index in [0.717, 1.165) is 6.04 Å². The summed E-state index contributed by atoms with van der Waals surface area (Å²) in [5, 5.41) is 3.49. The van der Waals surface area contributed by atoms with E-state index in [4.69, 9.17) is 4.74 Å². The van der Waals surface area contributed by atoms with E-state index in [1.807, 2.05) is 7.11 Å². The monoisotopic (exact) mass is 224 g/mol. The first-order valence-electron chi connectivity index (χ1n) is 6.79. The van der Waals surface area contributed by atoms with Gasteiger partial charge >= 0.3 is 0 Å². The first-order valence-corrected chi connectivity index (χ1v) is 6.79. The molecule has 0 bridgehead atoms. The molecule has 0 unspecified atom stereocenters. The van der Waals surface area contributed by atoms with Crippen LogP contribution in [-0.4, -0.2) is 50.3 Å². The molecule has 3 heteroatoms. The summed E-state index contributed by atoms with van der Waals surface area (Å²) < 4.78 is 5.38. The van der Waals surface area contributed by atoms with Gasteiger partial charge in [0.15, 0.2) is 0 Å². The molecule has 0 amide bonds. The van der Waals surface area contributed by atoms with Crippen LogP contribution in [0.1, 0.15) is 32.1 Å². The van der Waals surface area contributed by atoms with E-state index < -0.39 is 0 Å². The van der Waals surface area contributed by atoms with Gasteiger partial charge in [-0.25, -0.2) is 0 Å². The molecule has 3 nitrogen and oxygen atoms in total. The zero-order chi connectivity index (χ0) is 11.0. The predicted molar refractivity (Wildman–Crippen MR) is 64.5 cm³/mol. The SMILES string of the molecule is CO[C@H]1C[C@H](N2CCC3(CCNCC3)C2)C1. The fraction of sp³-hybridized carbons (Fsp3) is 1.00. The van der Waals surface area contributed by atoms with Crippen molar-refractivity contribution in [1.82, 2.24) is 10.2 Å². The Labute approximate surface area is 98.5 Å². The van der Waals surface area contributed by atoms with E-state index in [0.29, 0.717) is 11.5 Å². The third kappa shape index (κ3) is 1.89. The van der Waals surface area contributed by atoms with E-state index in [-0.39, 0.29) is 0 Å². The number of ether oxygens (including phenoxy) is 1. The van der Waals surface area contributed by atoms with Crippen LogP contribution in [0.2, 0.25) is 0 Å². The largest absolute Gasteiger partial charge is 0.381 e. The van der Waals surface area contributed by atoms with Crippen molar-refractivity contribution < 1.29 is 4.74 Å². The van der Waals surface area contributed by atoms with Gasteiger partial charge in [-0.3, -0.25) is 4.90 Å².